The molecular weight excluding hydrogens is 355 g/mol. The molecule has 9 heteroatoms. The number of hydrogen-bond acceptors (Lipinski definition) is 5. The van der Waals surface area contributed by atoms with Crippen LogP contribution in [0, 0.1) is 5.82 Å². The molecule has 2 aliphatic heterocycles. The highest BCUT2D eigenvalue weighted by atomic mass is 19.1. The molecule has 0 aromatic heterocycles. The first-order valence-corrected chi connectivity index (χ1v) is 8.87. The maximum Gasteiger partial charge on any atom is 0.414 e. The number of nitrogens with zero attached hydrogens (tertiary/aromatic N) is 3. The van der Waals surface area contributed by atoms with Crippen LogP contribution in [0.1, 0.15) is 13.8 Å². The van der Waals surface area contributed by atoms with Crippen molar-refractivity contribution in [3.63, 3.8) is 0 Å². The summed E-state index contributed by atoms with van der Waals surface area (Å²) in [5.74, 6) is -0.613. The lowest BCUT2D eigenvalue weighted by atomic mass is 10.2. The zero-order valence-electron chi connectivity index (χ0n) is 15.4. The van der Waals surface area contributed by atoms with Gasteiger partial charge in [-0.25, -0.2) is 9.18 Å². The molecule has 1 unspecified atom stereocenters. The molecular formula is C18H23FN4O4. The molecule has 1 aromatic rings. The minimum Gasteiger partial charge on any atom is -0.442 e. The Bertz CT molecular complexity index is 749. The average molecular weight is 378 g/mol. The predicted molar refractivity (Wildman–Crippen MR) is 97.2 cm³/mol. The molecule has 146 valence electrons. The number of ether oxygens (including phenoxy) is 1. The van der Waals surface area contributed by atoms with E-state index in [4.69, 9.17) is 4.74 Å². The van der Waals surface area contributed by atoms with Crippen molar-refractivity contribution in [1.82, 2.24) is 10.2 Å². The summed E-state index contributed by atoms with van der Waals surface area (Å²) in [6, 6.07) is 4.63. The number of amides is 3. The number of benzene rings is 1. The van der Waals surface area contributed by atoms with Gasteiger partial charge in [-0.3, -0.25) is 14.5 Å². The van der Waals surface area contributed by atoms with E-state index in [1.807, 2.05) is 4.90 Å². The van der Waals surface area contributed by atoms with E-state index in [-0.39, 0.29) is 24.9 Å². The number of nitrogens with one attached hydrogen (secondary N) is 1. The number of piperazine rings is 1. The molecule has 2 heterocycles. The fourth-order valence-corrected chi connectivity index (χ4v) is 3.28. The number of anilines is 2. The van der Waals surface area contributed by atoms with Gasteiger partial charge in [0.05, 0.1) is 24.5 Å². The number of carbonyl (C=O) groups excluding carboxylic acids is 3. The Kier molecular flexibility index (Phi) is 5.48. The molecule has 2 aliphatic rings. The lowest BCUT2D eigenvalue weighted by molar-refractivity contribution is -0.129. The van der Waals surface area contributed by atoms with E-state index in [2.05, 4.69) is 5.32 Å². The van der Waals surface area contributed by atoms with Gasteiger partial charge in [-0.15, -0.1) is 0 Å². The van der Waals surface area contributed by atoms with E-state index in [0.717, 1.165) is 0 Å². The third kappa shape index (κ3) is 4.29. The van der Waals surface area contributed by atoms with Crippen LogP contribution in [0.15, 0.2) is 18.2 Å². The zero-order chi connectivity index (χ0) is 19.6. The third-order valence-corrected chi connectivity index (χ3v) is 4.76. The molecule has 2 saturated heterocycles. The van der Waals surface area contributed by atoms with Crippen molar-refractivity contribution in [3.05, 3.63) is 24.0 Å². The van der Waals surface area contributed by atoms with Crippen LogP contribution in [0.2, 0.25) is 0 Å². The molecule has 1 aromatic carbocycles. The monoisotopic (exact) mass is 378 g/mol. The number of halogens is 1. The van der Waals surface area contributed by atoms with Gasteiger partial charge in [0.2, 0.25) is 11.8 Å². The molecule has 3 rings (SSSR count). The first-order valence-electron chi connectivity index (χ1n) is 8.87. The van der Waals surface area contributed by atoms with Gasteiger partial charge in [0, 0.05) is 40.0 Å². The predicted octanol–water partition coefficient (Wildman–Crippen LogP) is 0.956. The molecule has 0 aliphatic carbocycles. The Hall–Kier alpha value is -2.84. The summed E-state index contributed by atoms with van der Waals surface area (Å²) < 4.78 is 19.9. The largest absolute Gasteiger partial charge is 0.442 e. The number of carbonyl (C=O) groups is 3. The Balaban J connectivity index is 1.66. The molecule has 0 spiro atoms. The van der Waals surface area contributed by atoms with Crippen LogP contribution in [0.4, 0.5) is 20.6 Å². The van der Waals surface area contributed by atoms with E-state index in [1.165, 1.54) is 24.8 Å². The van der Waals surface area contributed by atoms with Crippen molar-refractivity contribution in [3.8, 4) is 0 Å². The summed E-state index contributed by atoms with van der Waals surface area (Å²) in [6.45, 7) is 5.60. The lowest BCUT2D eigenvalue weighted by Gasteiger charge is -2.35. The molecule has 0 saturated carbocycles. The number of hydrogen-bond donors (Lipinski definition) is 1. The Morgan fingerprint density at radius 1 is 1.22 bits per heavy atom. The maximum absolute atomic E-state index is 14.7. The fourth-order valence-electron chi connectivity index (χ4n) is 3.28. The lowest BCUT2D eigenvalue weighted by Crippen LogP contribution is -2.48. The van der Waals surface area contributed by atoms with Gasteiger partial charge in [-0.05, 0) is 18.2 Å². The second kappa shape index (κ2) is 7.81. The standard InChI is InChI=1S/C18H23FN4O4/c1-12(24)20-10-15-11-23(18(26)27-15)14-3-4-17(16(19)9-14)22-7-5-21(6-8-22)13(2)25/h3-4,9,15H,5-8,10-11H2,1-2H3,(H,20,24). The van der Waals surface area contributed by atoms with Crippen molar-refractivity contribution in [1.29, 1.82) is 0 Å². The summed E-state index contributed by atoms with van der Waals surface area (Å²) >= 11 is 0. The van der Waals surface area contributed by atoms with Crippen molar-refractivity contribution >= 4 is 29.3 Å². The molecule has 0 radical (unpaired) electrons. The summed E-state index contributed by atoms with van der Waals surface area (Å²) in [5.41, 5.74) is 0.859. The highest BCUT2D eigenvalue weighted by Gasteiger charge is 2.33. The van der Waals surface area contributed by atoms with Gasteiger partial charge >= 0.3 is 6.09 Å². The van der Waals surface area contributed by atoms with Crippen molar-refractivity contribution in [2.75, 3.05) is 49.1 Å². The van der Waals surface area contributed by atoms with Crippen LogP contribution in [-0.2, 0) is 14.3 Å². The van der Waals surface area contributed by atoms with Crippen molar-refractivity contribution in [2.45, 2.75) is 20.0 Å². The van der Waals surface area contributed by atoms with Crippen LogP contribution in [0.3, 0.4) is 0 Å². The summed E-state index contributed by atoms with van der Waals surface area (Å²) in [7, 11) is 0. The van der Waals surface area contributed by atoms with Gasteiger partial charge in [0.1, 0.15) is 11.9 Å². The van der Waals surface area contributed by atoms with E-state index < -0.39 is 18.0 Å². The highest BCUT2D eigenvalue weighted by molar-refractivity contribution is 5.90. The fraction of sp³-hybridized carbons (Fsp3) is 0.500. The smallest absolute Gasteiger partial charge is 0.414 e. The first-order chi connectivity index (χ1) is 12.8. The molecule has 1 atom stereocenters. The molecule has 3 amide bonds. The summed E-state index contributed by atoms with van der Waals surface area (Å²) in [4.78, 5) is 39.4. The van der Waals surface area contributed by atoms with E-state index in [9.17, 15) is 18.8 Å². The van der Waals surface area contributed by atoms with Gasteiger partial charge in [-0.2, -0.15) is 0 Å². The Morgan fingerprint density at radius 3 is 2.52 bits per heavy atom. The minimum atomic E-state index is -0.562. The van der Waals surface area contributed by atoms with E-state index >= 15 is 0 Å². The normalized spacial score (nSPS) is 19.9. The van der Waals surface area contributed by atoms with E-state index in [0.29, 0.717) is 37.6 Å². The van der Waals surface area contributed by atoms with Crippen molar-refractivity contribution < 1.29 is 23.5 Å². The Labute approximate surface area is 156 Å². The third-order valence-electron chi connectivity index (χ3n) is 4.76. The van der Waals surface area contributed by atoms with E-state index in [1.54, 1.807) is 17.0 Å². The van der Waals surface area contributed by atoms with Gasteiger partial charge in [0.25, 0.3) is 0 Å². The SMILES string of the molecule is CC(=O)NCC1CN(c2ccc(N3CCN(C(C)=O)CC3)c(F)c2)C(=O)O1. The summed E-state index contributed by atoms with van der Waals surface area (Å²) in [6.07, 6.45) is -1.03. The minimum absolute atomic E-state index is 0.0202. The zero-order valence-corrected chi connectivity index (χ0v) is 15.4. The highest BCUT2D eigenvalue weighted by Crippen LogP contribution is 2.28. The quantitative estimate of drug-likeness (QED) is 0.844. The van der Waals surface area contributed by atoms with Crippen molar-refractivity contribution in [2.24, 2.45) is 0 Å². The van der Waals surface area contributed by atoms with Crippen LogP contribution < -0.4 is 15.1 Å². The molecule has 1 N–H and O–H groups in total. The van der Waals surface area contributed by atoms with Crippen LogP contribution >= 0.6 is 0 Å². The van der Waals surface area contributed by atoms with Gasteiger partial charge in [-0.1, -0.05) is 0 Å². The average Bonchev–Trinajstić information content (AvgIpc) is 3.01. The maximum atomic E-state index is 14.7. The Morgan fingerprint density at radius 2 is 1.93 bits per heavy atom. The van der Waals surface area contributed by atoms with Gasteiger partial charge in [0.15, 0.2) is 0 Å². The van der Waals surface area contributed by atoms with Crippen LogP contribution in [0.5, 0.6) is 0 Å². The number of cyclic esters (lactones) is 1. The number of rotatable bonds is 4. The molecule has 2 fully saturated rings. The first kappa shape index (κ1) is 18.9. The van der Waals surface area contributed by atoms with Crippen LogP contribution in [-0.4, -0.2) is 68.2 Å². The second-order valence-corrected chi connectivity index (χ2v) is 6.68. The summed E-state index contributed by atoms with van der Waals surface area (Å²) in [5, 5.41) is 2.60. The molecule has 0 bridgehead atoms. The molecule has 8 nitrogen and oxygen atoms in total. The van der Waals surface area contributed by atoms with Gasteiger partial charge < -0.3 is 19.9 Å². The second-order valence-electron chi connectivity index (χ2n) is 6.68. The molecule has 27 heavy (non-hydrogen) atoms. The van der Waals surface area contributed by atoms with Crippen LogP contribution in [0.25, 0.3) is 0 Å². The topological polar surface area (TPSA) is 82.2 Å².